The number of ether oxygens (including phenoxy) is 1. The second-order valence-electron chi connectivity index (χ2n) is 17.8. The van der Waals surface area contributed by atoms with Crippen molar-refractivity contribution >= 4 is 34.9 Å². The van der Waals surface area contributed by atoms with Gasteiger partial charge in [0.2, 0.25) is 17.8 Å². The van der Waals surface area contributed by atoms with Crippen molar-refractivity contribution in [2.45, 2.75) is 89.6 Å². The standard InChI is InChI=1S/C45H55FN8O4/c1-28-19-35-34-8-6-5-7-30(34)21-36(35)41(54(28)27-45(2,3)46)32-23-47-44(48-24-32)52-13-11-29(12-14-52)25-50-15-17-51(18-16-50)33-20-31-26-53(37-9-10-39(55)49-42(37)56)43(57)40(31)38(22-33)58-4/h5-8,20,22-24,28-29,37,41H,9-19,21,25-27H2,1-4H3,(H,49,55,56)/t28-,37?,41-/m1/s1. The van der Waals surface area contributed by atoms with Crippen LogP contribution in [0.3, 0.4) is 0 Å². The molecule has 1 aromatic heterocycles. The molecule has 3 amide bonds. The number of methoxy groups -OCH3 is 1. The van der Waals surface area contributed by atoms with E-state index in [0.29, 0.717) is 36.7 Å². The SMILES string of the molecule is COc1cc(N2CCN(CC3CCN(c4ncc([C@@H]5C6=C(C[C@@H](C)N5CC(C)(C)F)c5ccccc5C6)cn4)CC3)CC2)cc2c1C(=O)N(C1CCC(=O)NC1=O)C2. The van der Waals surface area contributed by atoms with E-state index in [0.717, 1.165) is 94.3 Å². The number of aromatic nitrogens is 2. The van der Waals surface area contributed by atoms with Crippen molar-refractivity contribution in [2.75, 3.05) is 69.3 Å². The van der Waals surface area contributed by atoms with Gasteiger partial charge in [-0.3, -0.25) is 29.5 Å². The first-order valence-electron chi connectivity index (χ1n) is 21.1. The quantitative estimate of drug-likeness (QED) is 0.291. The topological polar surface area (TPSA) is 114 Å². The third-order valence-corrected chi connectivity index (χ3v) is 13.3. The molecule has 0 radical (unpaired) electrons. The summed E-state index contributed by atoms with van der Waals surface area (Å²) in [5, 5.41) is 2.38. The minimum Gasteiger partial charge on any atom is -0.496 e. The number of rotatable bonds is 9. The van der Waals surface area contributed by atoms with E-state index in [2.05, 4.69) is 62.2 Å². The van der Waals surface area contributed by atoms with Crippen LogP contribution >= 0.6 is 0 Å². The molecule has 58 heavy (non-hydrogen) atoms. The summed E-state index contributed by atoms with van der Waals surface area (Å²) in [6, 6.07) is 12.2. The lowest BCUT2D eigenvalue weighted by Crippen LogP contribution is -2.52. The maximum absolute atomic E-state index is 15.2. The molecule has 6 heterocycles. The van der Waals surface area contributed by atoms with Gasteiger partial charge >= 0.3 is 0 Å². The lowest BCUT2D eigenvalue weighted by Gasteiger charge is -2.44. The van der Waals surface area contributed by atoms with E-state index in [1.54, 1.807) is 25.9 Å². The zero-order valence-corrected chi connectivity index (χ0v) is 34.2. The summed E-state index contributed by atoms with van der Waals surface area (Å²) in [4.78, 5) is 58.8. The van der Waals surface area contributed by atoms with Gasteiger partial charge in [-0.25, -0.2) is 14.4 Å². The first-order chi connectivity index (χ1) is 27.9. The molecule has 0 spiro atoms. The monoisotopic (exact) mass is 790 g/mol. The number of nitrogens with one attached hydrogen (secondary N) is 1. The molecule has 1 aliphatic carbocycles. The van der Waals surface area contributed by atoms with E-state index in [9.17, 15) is 14.4 Å². The van der Waals surface area contributed by atoms with Gasteiger partial charge in [0.25, 0.3) is 5.91 Å². The van der Waals surface area contributed by atoms with Crippen molar-refractivity contribution in [2.24, 2.45) is 5.92 Å². The highest BCUT2D eigenvalue weighted by molar-refractivity contribution is 6.06. The Morgan fingerprint density at radius 3 is 2.38 bits per heavy atom. The van der Waals surface area contributed by atoms with E-state index in [1.165, 1.54) is 22.3 Å². The van der Waals surface area contributed by atoms with Crippen molar-refractivity contribution in [1.82, 2.24) is 30.0 Å². The van der Waals surface area contributed by atoms with E-state index in [4.69, 9.17) is 14.7 Å². The predicted molar refractivity (Wildman–Crippen MR) is 220 cm³/mol. The summed E-state index contributed by atoms with van der Waals surface area (Å²) in [5.74, 6) is 0.966. The molecule has 2 aromatic carbocycles. The van der Waals surface area contributed by atoms with Gasteiger partial charge in [0.05, 0.1) is 18.7 Å². The van der Waals surface area contributed by atoms with Gasteiger partial charge in [0.15, 0.2) is 0 Å². The summed E-state index contributed by atoms with van der Waals surface area (Å²) in [6.07, 6.45) is 8.51. The smallest absolute Gasteiger partial charge is 0.258 e. The number of hydrogen-bond acceptors (Lipinski definition) is 10. The van der Waals surface area contributed by atoms with Gasteiger partial charge in [-0.15, -0.1) is 0 Å². The fourth-order valence-corrected chi connectivity index (χ4v) is 10.4. The molecule has 3 atom stereocenters. The van der Waals surface area contributed by atoms with Gasteiger partial charge in [-0.05, 0) is 92.7 Å². The number of fused-ring (bicyclic) bond motifs is 3. The summed E-state index contributed by atoms with van der Waals surface area (Å²) < 4.78 is 21.0. The van der Waals surface area contributed by atoms with Crippen molar-refractivity contribution in [3.63, 3.8) is 0 Å². The fraction of sp³-hybridized carbons (Fsp3) is 0.533. The molecule has 13 heteroatoms. The van der Waals surface area contributed by atoms with E-state index < -0.39 is 17.6 Å². The Kier molecular flexibility index (Phi) is 10.2. The van der Waals surface area contributed by atoms with E-state index in [-0.39, 0.29) is 30.3 Å². The van der Waals surface area contributed by atoms with Gasteiger partial charge < -0.3 is 19.4 Å². The van der Waals surface area contributed by atoms with Crippen LogP contribution in [0.25, 0.3) is 5.57 Å². The molecule has 3 fully saturated rings. The number of piperidine rings is 2. The van der Waals surface area contributed by atoms with Crippen LogP contribution < -0.4 is 19.9 Å². The minimum atomic E-state index is -1.32. The van der Waals surface area contributed by atoms with Crippen molar-refractivity contribution in [3.05, 3.63) is 82.2 Å². The normalized spacial score (nSPS) is 24.6. The van der Waals surface area contributed by atoms with Crippen molar-refractivity contribution < 1.29 is 23.5 Å². The number of piperazine rings is 1. The Bertz CT molecular complexity index is 2120. The molecule has 1 unspecified atom stereocenters. The molecule has 3 saturated heterocycles. The molecule has 1 N–H and O–H groups in total. The summed E-state index contributed by atoms with van der Waals surface area (Å²) in [5.41, 5.74) is 7.58. The Labute approximate surface area is 340 Å². The molecule has 0 saturated carbocycles. The molecule has 6 aliphatic rings. The number of benzene rings is 2. The van der Waals surface area contributed by atoms with Gasteiger partial charge in [-0.1, -0.05) is 24.3 Å². The Morgan fingerprint density at radius 1 is 0.931 bits per heavy atom. The highest BCUT2D eigenvalue weighted by atomic mass is 19.1. The molecule has 12 nitrogen and oxygen atoms in total. The van der Waals surface area contributed by atoms with Crippen molar-refractivity contribution in [3.8, 4) is 5.75 Å². The van der Waals surface area contributed by atoms with Crippen LogP contribution in [0.5, 0.6) is 5.75 Å². The second kappa shape index (κ2) is 15.4. The predicted octanol–water partition coefficient (Wildman–Crippen LogP) is 5.18. The number of carbonyl (C=O) groups excluding carboxylic acids is 3. The second-order valence-corrected chi connectivity index (χ2v) is 17.8. The zero-order chi connectivity index (χ0) is 40.3. The third-order valence-electron chi connectivity index (χ3n) is 13.3. The third kappa shape index (κ3) is 7.36. The molecular weight excluding hydrogens is 736 g/mol. The molecule has 0 bridgehead atoms. The van der Waals surface area contributed by atoms with Crippen LogP contribution in [0.1, 0.15) is 91.5 Å². The van der Waals surface area contributed by atoms with Gasteiger partial charge in [0.1, 0.15) is 17.5 Å². The number of halogens is 1. The average Bonchev–Trinajstić information content (AvgIpc) is 3.74. The molecule has 9 rings (SSSR count). The van der Waals surface area contributed by atoms with Crippen LogP contribution in [-0.2, 0) is 22.6 Å². The average molecular weight is 791 g/mol. The summed E-state index contributed by atoms with van der Waals surface area (Å²) in [6.45, 7) is 12.8. The largest absolute Gasteiger partial charge is 0.496 e. The lowest BCUT2D eigenvalue weighted by molar-refractivity contribution is -0.136. The van der Waals surface area contributed by atoms with Crippen LogP contribution in [0, 0.1) is 5.92 Å². The number of amides is 3. The van der Waals surface area contributed by atoms with Crippen LogP contribution in [0.15, 0.2) is 54.4 Å². The first-order valence-corrected chi connectivity index (χ1v) is 21.1. The minimum absolute atomic E-state index is 0.0503. The molecule has 5 aliphatic heterocycles. The zero-order valence-electron chi connectivity index (χ0n) is 34.2. The number of carbonyl (C=O) groups is 3. The highest BCUT2D eigenvalue weighted by Gasteiger charge is 2.43. The van der Waals surface area contributed by atoms with Gasteiger partial charge in [0, 0.05) is 101 Å². The number of nitrogens with zero attached hydrogens (tertiary/aromatic N) is 7. The van der Waals surface area contributed by atoms with Crippen LogP contribution in [-0.4, -0.2) is 120 Å². The number of anilines is 2. The highest BCUT2D eigenvalue weighted by Crippen LogP contribution is 2.49. The number of alkyl halides is 1. The van der Waals surface area contributed by atoms with E-state index >= 15 is 4.39 Å². The summed E-state index contributed by atoms with van der Waals surface area (Å²) >= 11 is 0. The number of imide groups is 1. The molecule has 3 aromatic rings. The maximum Gasteiger partial charge on any atom is 0.258 e. The van der Waals surface area contributed by atoms with E-state index in [1.807, 2.05) is 18.5 Å². The number of hydrogen-bond donors (Lipinski definition) is 1. The van der Waals surface area contributed by atoms with Crippen LogP contribution in [0.4, 0.5) is 16.0 Å². The Morgan fingerprint density at radius 2 is 1.67 bits per heavy atom. The fourth-order valence-electron chi connectivity index (χ4n) is 10.4. The maximum atomic E-state index is 15.2. The first kappa shape index (κ1) is 38.6. The van der Waals surface area contributed by atoms with Gasteiger partial charge in [-0.2, -0.15) is 0 Å². The van der Waals surface area contributed by atoms with Crippen LogP contribution in [0.2, 0.25) is 0 Å². The Balaban J connectivity index is 0.799. The summed E-state index contributed by atoms with van der Waals surface area (Å²) in [7, 11) is 1.58. The Hall–Kier alpha value is -4.88. The lowest BCUT2D eigenvalue weighted by atomic mass is 9.85. The van der Waals surface area contributed by atoms with Crippen molar-refractivity contribution in [1.29, 1.82) is 0 Å². The molecular formula is C45H55FN8O4. The molecule has 306 valence electrons.